The van der Waals surface area contributed by atoms with Crippen LogP contribution in [-0.2, 0) is 4.79 Å². The molecule has 0 saturated heterocycles. The first-order valence-electron chi connectivity index (χ1n) is 22.0. The highest BCUT2D eigenvalue weighted by Gasteiger charge is 2.23. The minimum atomic E-state index is -1.07. The molecule has 0 aromatic heterocycles. The summed E-state index contributed by atoms with van der Waals surface area (Å²) < 4.78 is 0. The summed E-state index contributed by atoms with van der Waals surface area (Å²) in [5.74, 6) is -0.472. The minimum absolute atomic E-state index is 0.312. The summed E-state index contributed by atoms with van der Waals surface area (Å²) in [5.41, 5.74) is 0. The van der Waals surface area contributed by atoms with E-state index in [0.29, 0.717) is 12.8 Å². The van der Waals surface area contributed by atoms with E-state index in [9.17, 15) is 20.1 Å². The number of rotatable bonds is 40. The molecule has 3 atom stereocenters. The molecule has 5 heteroatoms. The standard InChI is InChI=1S/C44H87NO4/c1-3-5-7-9-11-13-14-15-16-17-18-19-20-21-22-23-24-25-26-27-28-29-31-33-35-37-39-43(48)44(49)45-41(40-46)42(47)38-36-34-32-30-12-10-8-6-4-2/h21-22,41-43,46-48H,3-20,23-40H2,1-2H3,(H,45,49)/b22-21-. The Hall–Kier alpha value is -0.910. The molecule has 4 N–H and O–H groups in total. The number of unbranched alkanes of at least 4 members (excludes halogenated alkanes) is 30. The topological polar surface area (TPSA) is 89.8 Å². The van der Waals surface area contributed by atoms with Crippen LogP contribution in [0.1, 0.15) is 239 Å². The first-order chi connectivity index (χ1) is 24.1. The number of aliphatic hydroxyl groups is 3. The lowest BCUT2D eigenvalue weighted by atomic mass is 10.0. The van der Waals surface area contributed by atoms with Crippen LogP contribution in [0.5, 0.6) is 0 Å². The first kappa shape index (κ1) is 48.1. The highest BCUT2D eigenvalue weighted by Crippen LogP contribution is 2.16. The molecule has 0 radical (unpaired) electrons. The van der Waals surface area contributed by atoms with Gasteiger partial charge in [0.15, 0.2) is 0 Å². The molecular formula is C44H87NO4. The molecule has 0 aromatic carbocycles. The van der Waals surface area contributed by atoms with Gasteiger partial charge in [0.2, 0.25) is 5.91 Å². The zero-order valence-electron chi connectivity index (χ0n) is 33.1. The summed E-state index contributed by atoms with van der Waals surface area (Å²) >= 11 is 0. The Kier molecular flexibility index (Phi) is 39.1. The van der Waals surface area contributed by atoms with Gasteiger partial charge in [0.1, 0.15) is 6.10 Å². The lowest BCUT2D eigenvalue weighted by Gasteiger charge is -2.23. The molecule has 0 aromatic rings. The maximum absolute atomic E-state index is 12.4. The number of aliphatic hydroxyl groups excluding tert-OH is 3. The average Bonchev–Trinajstić information content (AvgIpc) is 3.11. The lowest BCUT2D eigenvalue weighted by Crippen LogP contribution is -2.49. The highest BCUT2D eigenvalue weighted by molar-refractivity contribution is 5.80. The van der Waals surface area contributed by atoms with Gasteiger partial charge in [-0.05, 0) is 38.5 Å². The van der Waals surface area contributed by atoms with E-state index in [1.807, 2.05) is 0 Å². The van der Waals surface area contributed by atoms with E-state index in [2.05, 4.69) is 31.3 Å². The number of allylic oxidation sites excluding steroid dienone is 2. The van der Waals surface area contributed by atoms with Gasteiger partial charge in [-0.15, -0.1) is 0 Å². The fourth-order valence-electron chi connectivity index (χ4n) is 6.89. The Morgan fingerprint density at radius 1 is 0.469 bits per heavy atom. The van der Waals surface area contributed by atoms with Crippen molar-refractivity contribution >= 4 is 5.91 Å². The van der Waals surface area contributed by atoms with Crippen LogP contribution in [-0.4, -0.2) is 46.1 Å². The van der Waals surface area contributed by atoms with E-state index in [0.717, 1.165) is 32.1 Å². The predicted molar refractivity (Wildman–Crippen MR) is 213 cm³/mol. The number of nitrogens with one attached hydrogen (secondary N) is 1. The quantitative estimate of drug-likeness (QED) is 0.0380. The molecule has 49 heavy (non-hydrogen) atoms. The van der Waals surface area contributed by atoms with E-state index < -0.39 is 24.2 Å². The molecule has 0 bridgehead atoms. The van der Waals surface area contributed by atoms with Crippen molar-refractivity contribution in [3.05, 3.63) is 12.2 Å². The number of hydrogen-bond donors (Lipinski definition) is 4. The molecule has 292 valence electrons. The summed E-state index contributed by atoms with van der Waals surface area (Å²) in [6.45, 7) is 4.21. The van der Waals surface area contributed by atoms with E-state index in [4.69, 9.17) is 0 Å². The first-order valence-corrected chi connectivity index (χ1v) is 22.0. The van der Waals surface area contributed by atoms with Gasteiger partial charge in [-0.2, -0.15) is 0 Å². The van der Waals surface area contributed by atoms with Gasteiger partial charge in [0.25, 0.3) is 0 Å². The van der Waals surface area contributed by atoms with Gasteiger partial charge >= 0.3 is 0 Å². The van der Waals surface area contributed by atoms with Crippen molar-refractivity contribution in [2.75, 3.05) is 6.61 Å². The molecule has 0 rings (SSSR count). The van der Waals surface area contributed by atoms with E-state index in [1.165, 1.54) is 180 Å². The van der Waals surface area contributed by atoms with Crippen molar-refractivity contribution in [3.8, 4) is 0 Å². The monoisotopic (exact) mass is 694 g/mol. The summed E-state index contributed by atoms with van der Waals surface area (Å²) in [6.07, 6.45) is 46.6. The van der Waals surface area contributed by atoms with Gasteiger partial charge < -0.3 is 20.6 Å². The molecule has 5 nitrogen and oxygen atoms in total. The third-order valence-corrected chi connectivity index (χ3v) is 10.4. The predicted octanol–water partition coefficient (Wildman–Crippen LogP) is 12.4. The minimum Gasteiger partial charge on any atom is -0.394 e. The van der Waals surface area contributed by atoms with Crippen LogP contribution in [0.4, 0.5) is 0 Å². The van der Waals surface area contributed by atoms with Crippen molar-refractivity contribution < 1.29 is 20.1 Å². The van der Waals surface area contributed by atoms with Gasteiger partial charge in [0, 0.05) is 0 Å². The van der Waals surface area contributed by atoms with Gasteiger partial charge in [-0.3, -0.25) is 4.79 Å². The third kappa shape index (κ3) is 35.3. The normalized spacial score (nSPS) is 13.7. The number of amides is 1. The Bertz CT molecular complexity index is 684. The van der Waals surface area contributed by atoms with Crippen molar-refractivity contribution in [3.63, 3.8) is 0 Å². The summed E-state index contributed by atoms with van der Waals surface area (Å²) in [6, 6.07) is -0.707. The largest absolute Gasteiger partial charge is 0.394 e. The molecule has 0 spiro atoms. The van der Waals surface area contributed by atoms with Crippen LogP contribution in [0.2, 0.25) is 0 Å². The zero-order valence-corrected chi connectivity index (χ0v) is 33.1. The fourth-order valence-corrected chi connectivity index (χ4v) is 6.89. The van der Waals surface area contributed by atoms with Crippen LogP contribution < -0.4 is 5.32 Å². The Morgan fingerprint density at radius 2 is 0.776 bits per heavy atom. The average molecular weight is 694 g/mol. The molecule has 3 unspecified atom stereocenters. The van der Waals surface area contributed by atoms with Crippen LogP contribution in [0.25, 0.3) is 0 Å². The molecule has 0 aliphatic carbocycles. The highest BCUT2D eigenvalue weighted by atomic mass is 16.3. The molecule has 0 aliphatic heterocycles. The maximum Gasteiger partial charge on any atom is 0.249 e. The lowest BCUT2D eigenvalue weighted by molar-refractivity contribution is -0.131. The van der Waals surface area contributed by atoms with Crippen LogP contribution in [0.15, 0.2) is 12.2 Å². The van der Waals surface area contributed by atoms with Crippen molar-refractivity contribution in [1.82, 2.24) is 5.32 Å². The SMILES string of the molecule is CCCCCCCCCCCCCC/C=C\CCCCCCCCCCCCC(O)C(=O)NC(CO)C(O)CCCCCCCCCCC. The van der Waals surface area contributed by atoms with Gasteiger partial charge in [0.05, 0.1) is 18.8 Å². The molecule has 0 heterocycles. The fraction of sp³-hybridized carbons (Fsp3) is 0.932. The van der Waals surface area contributed by atoms with Crippen molar-refractivity contribution in [1.29, 1.82) is 0 Å². The molecular weight excluding hydrogens is 606 g/mol. The van der Waals surface area contributed by atoms with Gasteiger partial charge in [-0.1, -0.05) is 212 Å². The number of carbonyl (C=O) groups excluding carboxylic acids is 1. The number of hydrogen-bond acceptors (Lipinski definition) is 4. The smallest absolute Gasteiger partial charge is 0.249 e. The Morgan fingerprint density at radius 3 is 1.12 bits per heavy atom. The molecule has 1 amide bonds. The van der Waals surface area contributed by atoms with Crippen molar-refractivity contribution in [2.24, 2.45) is 0 Å². The van der Waals surface area contributed by atoms with E-state index in [-0.39, 0.29) is 6.61 Å². The molecule has 0 fully saturated rings. The van der Waals surface area contributed by atoms with Crippen LogP contribution >= 0.6 is 0 Å². The van der Waals surface area contributed by atoms with Crippen LogP contribution in [0, 0.1) is 0 Å². The summed E-state index contributed by atoms with van der Waals surface area (Å²) in [4.78, 5) is 12.4. The Labute approximate surface area is 306 Å². The third-order valence-electron chi connectivity index (χ3n) is 10.4. The van der Waals surface area contributed by atoms with Crippen LogP contribution in [0.3, 0.4) is 0 Å². The molecule has 0 aliphatic rings. The molecule has 0 saturated carbocycles. The van der Waals surface area contributed by atoms with E-state index >= 15 is 0 Å². The number of carbonyl (C=O) groups is 1. The second kappa shape index (κ2) is 39.9. The Balaban J connectivity index is 3.52. The van der Waals surface area contributed by atoms with Gasteiger partial charge in [-0.25, -0.2) is 0 Å². The maximum atomic E-state index is 12.4. The second-order valence-corrected chi connectivity index (χ2v) is 15.3. The second-order valence-electron chi connectivity index (χ2n) is 15.3. The summed E-state index contributed by atoms with van der Waals surface area (Å²) in [7, 11) is 0. The zero-order chi connectivity index (χ0) is 35.9. The summed E-state index contributed by atoms with van der Waals surface area (Å²) in [5, 5.41) is 33.1. The van der Waals surface area contributed by atoms with Crippen molar-refractivity contribution in [2.45, 2.75) is 257 Å². The van der Waals surface area contributed by atoms with E-state index in [1.54, 1.807) is 0 Å².